The van der Waals surface area contributed by atoms with Gasteiger partial charge in [-0.3, -0.25) is 4.79 Å². The van der Waals surface area contributed by atoms with E-state index < -0.39 is 10.0 Å². The van der Waals surface area contributed by atoms with Crippen LogP contribution in [0.25, 0.3) is 11.3 Å². The summed E-state index contributed by atoms with van der Waals surface area (Å²) in [6, 6.07) is 6.77. The molecule has 0 unspecified atom stereocenters. The molecule has 1 aliphatic heterocycles. The summed E-state index contributed by atoms with van der Waals surface area (Å²) in [6.45, 7) is 3.68. The molecule has 0 aliphatic carbocycles. The molecule has 0 N–H and O–H groups in total. The van der Waals surface area contributed by atoms with Gasteiger partial charge in [0.2, 0.25) is 10.0 Å². The molecule has 3 rings (SSSR count). The third kappa shape index (κ3) is 5.01. The van der Waals surface area contributed by atoms with Gasteiger partial charge in [-0.15, -0.1) is 11.3 Å². The number of carbonyl (C=O) groups is 1. The highest BCUT2D eigenvalue weighted by Crippen LogP contribution is 2.25. The first-order chi connectivity index (χ1) is 13.0. The van der Waals surface area contributed by atoms with E-state index in [2.05, 4.69) is 11.9 Å². The summed E-state index contributed by atoms with van der Waals surface area (Å²) < 4.78 is 32.0. The van der Waals surface area contributed by atoms with Gasteiger partial charge in [-0.2, -0.15) is 4.31 Å². The molecule has 2 heterocycles. The van der Waals surface area contributed by atoms with Crippen molar-refractivity contribution in [3.63, 3.8) is 0 Å². The number of morpholine rings is 1. The van der Waals surface area contributed by atoms with Crippen LogP contribution in [0.3, 0.4) is 0 Å². The number of nitrogens with zero attached hydrogens (tertiary/aromatic N) is 2. The third-order valence-corrected chi connectivity index (χ3v) is 7.23. The van der Waals surface area contributed by atoms with Crippen LogP contribution < -0.4 is 0 Å². The van der Waals surface area contributed by atoms with Crippen molar-refractivity contribution in [3.8, 4) is 11.3 Å². The van der Waals surface area contributed by atoms with Gasteiger partial charge in [0.05, 0.1) is 30.2 Å². The van der Waals surface area contributed by atoms with Crippen molar-refractivity contribution in [3.05, 3.63) is 34.7 Å². The Bertz CT molecular complexity index is 869. The predicted octanol–water partition coefficient (Wildman–Crippen LogP) is 3.13. The Balaban J connectivity index is 1.69. The Kier molecular flexibility index (Phi) is 6.75. The zero-order valence-electron chi connectivity index (χ0n) is 15.4. The molecule has 2 aromatic rings. The summed E-state index contributed by atoms with van der Waals surface area (Å²) in [5.74, 6) is 0.213. The number of Topliss-reactive ketones (excluding diaryl/α,β-unsaturated/α-hetero) is 1. The van der Waals surface area contributed by atoms with Crippen LogP contribution in [-0.4, -0.2) is 49.8 Å². The van der Waals surface area contributed by atoms with Gasteiger partial charge in [0.25, 0.3) is 0 Å². The van der Waals surface area contributed by atoms with E-state index in [1.807, 2.05) is 5.38 Å². The smallest absolute Gasteiger partial charge is 0.243 e. The van der Waals surface area contributed by atoms with Crippen molar-refractivity contribution >= 4 is 27.1 Å². The van der Waals surface area contributed by atoms with Crippen LogP contribution in [0.4, 0.5) is 0 Å². The number of ketones is 1. The molecule has 1 aliphatic rings. The fourth-order valence-corrected chi connectivity index (χ4v) is 5.13. The summed E-state index contributed by atoms with van der Waals surface area (Å²) >= 11 is 1.47. The van der Waals surface area contributed by atoms with Gasteiger partial charge in [0.15, 0.2) is 0 Å². The lowest BCUT2D eigenvalue weighted by Crippen LogP contribution is -2.40. The third-order valence-electron chi connectivity index (χ3n) is 4.47. The van der Waals surface area contributed by atoms with Crippen molar-refractivity contribution in [2.24, 2.45) is 0 Å². The molecule has 0 radical (unpaired) electrons. The van der Waals surface area contributed by atoms with Gasteiger partial charge in [-0.1, -0.05) is 25.5 Å². The molecular weight excluding hydrogens is 384 g/mol. The molecule has 1 saturated heterocycles. The quantitative estimate of drug-likeness (QED) is 0.671. The maximum atomic E-state index is 12.7. The van der Waals surface area contributed by atoms with E-state index in [-0.39, 0.29) is 10.7 Å². The molecule has 1 aromatic heterocycles. The molecule has 27 heavy (non-hydrogen) atoms. The molecule has 0 amide bonds. The summed E-state index contributed by atoms with van der Waals surface area (Å²) in [7, 11) is -3.49. The molecule has 1 aromatic carbocycles. The first kappa shape index (κ1) is 20.1. The number of hydrogen-bond donors (Lipinski definition) is 0. The van der Waals surface area contributed by atoms with Crippen molar-refractivity contribution in [2.75, 3.05) is 26.3 Å². The van der Waals surface area contributed by atoms with E-state index in [9.17, 15) is 13.2 Å². The molecule has 146 valence electrons. The van der Waals surface area contributed by atoms with Gasteiger partial charge in [0, 0.05) is 30.5 Å². The van der Waals surface area contributed by atoms with E-state index in [0.717, 1.165) is 29.1 Å². The van der Waals surface area contributed by atoms with Gasteiger partial charge < -0.3 is 4.74 Å². The van der Waals surface area contributed by atoms with E-state index in [4.69, 9.17) is 4.74 Å². The fourth-order valence-electron chi connectivity index (χ4n) is 2.89. The van der Waals surface area contributed by atoms with Crippen LogP contribution >= 0.6 is 11.3 Å². The van der Waals surface area contributed by atoms with Crippen molar-refractivity contribution in [1.29, 1.82) is 0 Å². The van der Waals surface area contributed by atoms with E-state index in [1.165, 1.54) is 15.6 Å². The second-order valence-corrected chi connectivity index (χ2v) is 9.37. The molecule has 0 saturated carbocycles. The number of ether oxygens (including phenoxy) is 1. The highest BCUT2D eigenvalue weighted by molar-refractivity contribution is 7.89. The van der Waals surface area contributed by atoms with Crippen molar-refractivity contribution in [2.45, 2.75) is 37.5 Å². The van der Waals surface area contributed by atoms with Crippen LogP contribution in [0, 0.1) is 0 Å². The predicted molar refractivity (Wildman–Crippen MR) is 105 cm³/mol. The molecule has 0 spiro atoms. The number of sulfonamides is 1. The topological polar surface area (TPSA) is 76.6 Å². The first-order valence-electron chi connectivity index (χ1n) is 9.15. The Hall–Kier alpha value is -1.61. The molecule has 0 atom stereocenters. The molecule has 8 heteroatoms. The van der Waals surface area contributed by atoms with Crippen LogP contribution in [0.1, 0.15) is 31.2 Å². The van der Waals surface area contributed by atoms with Crippen LogP contribution in [0.5, 0.6) is 0 Å². The zero-order valence-corrected chi connectivity index (χ0v) is 17.0. The number of aromatic nitrogens is 1. The average molecular weight is 409 g/mol. The number of benzene rings is 1. The Morgan fingerprint density at radius 2 is 1.93 bits per heavy atom. The highest BCUT2D eigenvalue weighted by atomic mass is 32.2. The van der Waals surface area contributed by atoms with E-state index in [1.54, 1.807) is 24.3 Å². The minimum Gasteiger partial charge on any atom is -0.379 e. The molecule has 6 nitrogen and oxygen atoms in total. The second kappa shape index (κ2) is 9.05. The van der Waals surface area contributed by atoms with Gasteiger partial charge in [-0.05, 0) is 18.6 Å². The minimum atomic E-state index is -3.49. The Labute approximate surface area is 164 Å². The van der Waals surface area contributed by atoms with Crippen molar-refractivity contribution < 1.29 is 17.9 Å². The van der Waals surface area contributed by atoms with Crippen molar-refractivity contribution in [1.82, 2.24) is 9.29 Å². The van der Waals surface area contributed by atoms with Crippen LogP contribution in [-0.2, 0) is 26.0 Å². The number of thiazole rings is 1. The number of unbranched alkanes of at least 4 members (excludes halogenated alkanes) is 1. The molecule has 1 fully saturated rings. The largest absolute Gasteiger partial charge is 0.379 e. The number of carbonyl (C=O) groups excluding carboxylic acids is 1. The Morgan fingerprint density at radius 3 is 2.59 bits per heavy atom. The number of hydrogen-bond acceptors (Lipinski definition) is 6. The second-order valence-electron chi connectivity index (χ2n) is 6.49. The summed E-state index contributed by atoms with van der Waals surface area (Å²) in [4.78, 5) is 16.7. The lowest BCUT2D eigenvalue weighted by molar-refractivity contribution is -0.118. The SMILES string of the molecule is CCCCC(=O)Cc1nc(-c2ccc(S(=O)(=O)N3CCOCC3)cc2)cs1. The molecular formula is C19H24N2O4S2. The normalized spacial score (nSPS) is 15.7. The van der Waals surface area contributed by atoms with Gasteiger partial charge in [-0.25, -0.2) is 13.4 Å². The lowest BCUT2D eigenvalue weighted by Gasteiger charge is -2.26. The van der Waals surface area contributed by atoms with Gasteiger partial charge >= 0.3 is 0 Å². The number of rotatable bonds is 8. The zero-order chi connectivity index (χ0) is 19.3. The lowest BCUT2D eigenvalue weighted by atomic mass is 10.1. The average Bonchev–Trinajstić information content (AvgIpc) is 3.15. The highest BCUT2D eigenvalue weighted by Gasteiger charge is 2.26. The maximum absolute atomic E-state index is 12.7. The fraction of sp³-hybridized carbons (Fsp3) is 0.474. The maximum Gasteiger partial charge on any atom is 0.243 e. The molecule has 0 bridgehead atoms. The van der Waals surface area contributed by atoms with E-state index >= 15 is 0 Å². The van der Waals surface area contributed by atoms with Crippen LogP contribution in [0.2, 0.25) is 0 Å². The summed E-state index contributed by atoms with van der Waals surface area (Å²) in [5.41, 5.74) is 1.62. The minimum absolute atomic E-state index is 0.213. The summed E-state index contributed by atoms with van der Waals surface area (Å²) in [5, 5.41) is 2.71. The first-order valence-corrected chi connectivity index (χ1v) is 11.5. The summed E-state index contributed by atoms with van der Waals surface area (Å²) in [6.07, 6.45) is 2.89. The van der Waals surface area contributed by atoms with E-state index in [0.29, 0.717) is 39.1 Å². The standard InChI is InChI=1S/C19H24N2O4S2/c1-2-3-4-16(22)13-19-20-18(14-26-19)15-5-7-17(8-6-15)27(23,24)21-9-11-25-12-10-21/h5-8,14H,2-4,9-13H2,1H3. The monoisotopic (exact) mass is 408 g/mol. The Morgan fingerprint density at radius 1 is 1.22 bits per heavy atom. The van der Waals surface area contributed by atoms with Crippen LogP contribution in [0.15, 0.2) is 34.5 Å². The van der Waals surface area contributed by atoms with Gasteiger partial charge in [0.1, 0.15) is 10.8 Å².